The van der Waals surface area contributed by atoms with Gasteiger partial charge in [-0.05, 0) is 12.8 Å². The molecule has 4 heteroatoms. The molecule has 3 nitrogen and oxygen atoms in total. The van der Waals surface area contributed by atoms with Gasteiger partial charge in [0, 0.05) is 23.0 Å². The van der Waals surface area contributed by atoms with Crippen molar-refractivity contribution in [1.82, 2.24) is 10.3 Å². The maximum atomic E-state index is 9.71. The van der Waals surface area contributed by atoms with E-state index in [9.17, 15) is 5.11 Å². The lowest BCUT2D eigenvalue weighted by Gasteiger charge is -2.50. The molecule has 2 rings (SSSR count). The summed E-state index contributed by atoms with van der Waals surface area (Å²) in [6.45, 7) is 6.40. The summed E-state index contributed by atoms with van der Waals surface area (Å²) in [6, 6.07) is 0.730. The van der Waals surface area contributed by atoms with Crippen LogP contribution >= 0.6 is 11.3 Å². The van der Waals surface area contributed by atoms with Crippen LogP contribution in [0, 0.1) is 5.41 Å². The minimum Gasteiger partial charge on any atom is -0.392 e. The summed E-state index contributed by atoms with van der Waals surface area (Å²) in [5.41, 5.74) is -0.00925. The molecule has 2 N–H and O–H groups in total. The summed E-state index contributed by atoms with van der Waals surface area (Å²) in [4.78, 5) is 4.36. The molecule has 90 valence electrons. The Balaban J connectivity index is 1.99. The number of aliphatic hydroxyl groups excluding tert-OH is 1. The van der Waals surface area contributed by atoms with Crippen LogP contribution in [0.2, 0.25) is 0 Å². The minimum absolute atomic E-state index is 0.00925. The van der Waals surface area contributed by atoms with Gasteiger partial charge in [0.1, 0.15) is 5.01 Å². The van der Waals surface area contributed by atoms with Crippen LogP contribution in [-0.4, -0.2) is 22.2 Å². The van der Waals surface area contributed by atoms with Crippen LogP contribution in [0.25, 0.3) is 0 Å². The van der Waals surface area contributed by atoms with E-state index in [0.717, 1.165) is 17.8 Å². The molecule has 3 unspecified atom stereocenters. The fourth-order valence-corrected chi connectivity index (χ4v) is 2.98. The van der Waals surface area contributed by atoms with E-state index in [1.54, 1.807) is 11.3 Å². The molecule has 0 radical (unpaired) electrons. The molecular formula is C12H20N2OS. The lowest BCUT2D eigenvalue weighted by Crippen LogP contribution is -2.60. The molecule has 0 saturated heterocycles. The Kier molecular flexibility index (Phi) is 3.33. The van der Waals surface area contributed by atoms with E-state index < -0.39 is 0 Å². The average molecular weight is 240 g/mol. The van der Waals surface area contributed by atoms with Crippen molar-refractivity contribution in [2.75, 3.05) is 0 Å². The fraction of sp³-hybridized carbons (Fsp3) is 0.750. The van der Waals surface area contributed by atoms with E-state index >= 15 is 0 Å². The molecule has 3 atom stereocenters. The first-order chi connectivity index (χ1) is 7.55. The minimum atomic E-state index is -0.168. The fourth-order valence-electron chi connectivity index (χ4n) is 2.20. The standard InChI is InChI=1S/C12H20N2OS/c1-4-8(11-13-5-6-16-11)14-9-7-10(15)12(9,2)3/h5-6,8-10,14-15H,4,7H2,1-3H3. The highest BCUT2D eigenvalue weighted by Gasteiger charge is 2.47. The zero-order valence-corrected chi connectivity index (χ0v) is 10.9. The second-order valence-electron chi connectivity index (χ2n) is 5.12. The van der Waals surface area contributed by atoms with Crippen LogP contribution in [0.15, 0.2) is 11.6 Å². The molecule has 16 heavy (non-hydrogen) atoms. The van der Waals surface area contributed by atoms with E-state index in [4.69, 9.17) is 0 Å². The van der Waals surface area contributed by atoms with Gasteiger partial charge in [-0.15, -0.1) is 11.3 Å². The van der Waals surface area contributed by atoms with Gasteiger partial charge in [-0.2, -0.15) is 0 Å². The molecule has 0 amide bonds. The van der Waals surface area contributed by atoms with Crippen LogP contribution in [0.4, 0.5) is 0 Å². The predicted octanol–water partition coefficient (Wildman–Crippen LogP) is 2.34. The second-order valence-corrected chi connectivity index (χ2v) is 6.05. The summed E-state index contributed by atoms with van der Waals surface area (Å²) in [5.74, 6) is 0. The van der Waals surface area contributed by atoms with Crippen molar-refractivity contribution in [2.24, 2.45) is 5.41 Å². The van der Waals surface area contributed by atoms with Crippen LogP contribution in [0.5, 0.6) is 0 Å². The van der Waals surface area contributed by atoms with Crippen molar-refractivity contribution in [3.05, 3.63) is 16.6 Å². The summed E-state index contributed by atoms with van der Waals surface area (Å²) < 4.78 is 0. The molecule has 1 aliphatic rings. The zero-order valence-electron chi connectivity index (χ0n) is 10.1. The second kappa shape index (κ2) is 4.43. The van der Waals surface area contributed by atoms with Gasteiger partial charge in [0.2, 0.25) is 0 Å². The molecule has 1 heterocycles. The Morgan fingerprint density at radius 1 is 1.69 bits per heavy atom. The molecule has 1 fully saturated rings. The van der Waals surface area contributed by atoms with Crippen LogP contribution < -0.4 is 5.32 Å². The van der Waals surface area contributed by atoms with E-state index in [-0.39, 0.29) is 11.5 Å². The number of aliphatic hydroxyl groups is 1. The number of aromatic nitrogens is 1. The third kappa shape index (κ3) is 2.01. The Labute approximate surface area is 101 Å². The maximum absolute atomic E-state index is 9.71. The maximum Gasteiger partial charge on any atom is 0.109 e. The first-order valence-corrected chi connectivity index (χ1v) is 6.77. The molecule has 0 aliphatic heterocycles. The zero-order chi connectivity index (χ0) is 11.8. The Bertz CT molecular complexity index is 337. The van der Waals surface area contributed by atoms with Gasteiger partial charge in [-0.25, -0.2) is 4.98 Å². The molecule has 0 spiro atoms. The third-order valence-corrected chi connectivity index (χ3v) is 4.67. The average Bonchev–Trinajstić information content (AvgIpc) is 2.77. The lowest BCUT2D eigenvalue weighted by molar-refractivity contribution is -0.0762. The molecule has 1 saturated carbocycles. The van der Waals surface area contributed by atoms with Crippen molar-refractivity contribution in [3.8, 4) is 0 Å². The number of rotatable bonds is 4. The summed E-state index contributed by atoms with van der Waals surface area (Å²) >= 11 is 1.70. The predicted molar refractivity (Wildman–Crippen MR) is 66.5 cm³/mol. The number of nitrogens with one attached hydrogen (secondary N) is 1. The van der Waals surface area contributed by atoms with Gasteiger partial charge in [-0.3, -0.25) is 0 Å². The SMILES string of the molecule is CCC(NC1CC(O)C1(C)C)c1nccs1. The van der Waals surface area contributed by atoms with Gasteiger partial charge < -0.3 is 10.4 Å². The lowest BCUT2D eigenvalue weighted by atomic mass is 9.64. The van der Waals surface area contributed by atoms with Crippen molar-refractivity contribution >= 4 is 11.3 Å². The van der Waals surface area contributed by atoms with Gasteiger partial charge >= 0.3 is 0 Å². The van der Waals surface area contributed by atoms with Gasteiger partial charge in [0.25, 0.3) is 0 Å². The highest BCUT2D eigenvalue weighted by molar-refractivity contribution is 7.09. The number of thiazole rings is 1. The van der Waals surface area contributed by atoms with Crippen LogP contribution in [0.1, 0.15) is 44.7 Å². The van der Waals surface area contributed by atoms with Crippen molar-refractivity contribution in [1.29, 1.82) is 0 Å². The highest BCUT2D eigenvalue weighted by Crippen LogP contribution is 2.41. The summed E-state index contributed by atoms with van der Waals surface area (Å²) in [5, 5.41) is 16.5. The van der Waals surface area contributed by atoms with E-state index in [2.05, 4.69) is 31.1 Å². The van der Waals surface area contributed by atoms with Gasteiger partial charge in [-0.1, -0.05) is 20.8 Å². The molecule has 1 aromatic heterocycles. The number of nitrogens with zero attached hydrogens (tertiary/aromatic N) is 1. The van der Waals surface area contributed by atoms with E-state index in [1.165, 1.54) is 0 Å². The molecule has 1 aromatic rings. The quantitative estimate of drug-likeness (QED) is 0.849. The molecular weight excluding hydrogens is 220 g/mol. The highest BCUT2D eigenvalue weighted by atomic mass is 32.1. The van der Waals surface area contributed by atoms with Crippen LogP contribution in [-0.2, 0) is 0 Å². The molecule has 1 aliphatic carbocycles. The summed E-state index contributed by atoms with van der Waals surface area (Å²) in [6.07, 6.45) is 3.58. The van der Waals surface area contributed by atoms with Gasteiger partial charge in [0.15, 0.2) is 0 Å². The Morgan fingerprint density at radius 3 is 2.88 bits per heavy atom. The van der Waals surface area contributed by atoms with Gasteiger partial charge in [0.05, 0.1) is 12.1 Å². The van der Waals surface area contributed by atoms with Crippen molar-refractivity contribution < 1.29 is 5.11 Å². The Hall–Kier alpha value is -0.450. The largest absolute Gasteiger partial charge is 0.392 e. The van der Waals surface area contributed by atoms with Crippen molar-refractivity contribution in [2.45, 2.75) is 51.8 Å². The molecule has 0 aromatic carbocycles. The Morgan fingerprint density at radius 2 is 2.44 bits per heavy atom. The third-order valence-electron chi connectivity index (χ3n) is 3.78. The number of hydrogen-bond donors (Lipinski definition) is 2. The van der Waals surface area contributed by atoms with E-state index in [0.29, 0.717) is 12.1 Å². The number of hydrogen-bond acceptors (Lipinski definition) is 4. The normalized spacial score (nSPS) is 29.8. The first-order valence-electron chi connectivity index (χ1n) is 5.89. The monoisotopic (exact) mass is 240 g/mol. The van der Waals surface area contributed by atoms with E-state index in [1.807, 2.05) is 11.6 Å². The topological polar surface area (TPSA) is 45.1 Å². The van der Waals surface area contributed by atoms with Crippen molar-refractivity contribution in [3.63, 3.8) is 0 Å². The first kappa shape index (κ1) is 12.0. The summed E-state index contributed by atoms with van der Waals surface area (Å²) in [7, 11) is 0. The van der Waals surface area contributed by atoms with Crippen LogP contribution in [0.3, 0.4) is 0 Å². The molecule has 0 bridgehead atoms. The smallest absolute Gasteiger partial charge is 0.109 e.